The van der Waals surface area contributed by atoms with Gasteiger partial charge in [0.1, 0.15) is 5.78 Å². The van der Waals surface area contributed by atoms with E-state index >= 15 is 0 Å². The highest BCUT2D eigenvalue weighted by Crippen LogP contribution is 2.66. The van der Waals surface area contributed by atoms with E-state index in [1.54, 1.807) is 0 Å². The van der Waals surface area contributed by atoms with Gasteiger partial charge in [0.15, 0.2) is 0 Å². The molecule has 0 N–H and O–H groups in total. The van der Waals surface area contributed by atoms with Crippen molar-refractivity contribution in [2.45, 2.75) is 25.7 Å². The predicted octanol–water partition coefficient (Wildman–Crippen LogP) is 3.54. The molecule has 0 radical (unpaired) electrons. The molecular weight excluding hydrogens is 220 g/mol. The lowest BCUT2D eigenvalue weighted by atomic mass is 9.72. The van der Waals surface area contributed by atoms with Crippen LogP contribution in [-0.4, -0.2) is 5.78 Å². The Morgan fingerprint density at radius 3 is 1.78 bits per heavy atom. The van der Waals surface area contributed by atoms with Crippen LogP contribution in [0, 0.1) is 35.5 Å². The summed E-state index contributed by atoms with van der Waals surface area (Å²) in [7, 11) is 0. The van der Waals surface area contributed by atoms with Crippen LogP contribution in [0.5, 0.6) is 0 Å². The quantitative estimate of drug-likeness (QED) is 0.467. The third-order valence-corrected chi connectivity index (χ3v) is 6.16. The zero-order valence-corrected chi connectivity index (χ0v) is 10.8. The summed E-state index contributed by atoms with van der Waals surface area (Å²) in [6.45, 7) is 12.7. The van der Waals surface area contributed by atoms with Crippen molar-refractivity contribution in [3.63, 3.8) is 0 Å². The molecule has 0 amide bonds. The Morgan fingerprint density at radius 1 is 0.722 bits per heavy atom. The zero-order valence-electron chi connectivity index (χ0n) is 10.8. The largest absolute Gasteiger partial charge is 0.299 e. The normalized spacial score (nSPS) is 49.8. The monoisotopic (exact) mass is 240 g/mol. The number of carbonyl (C=O) groups excluding carboxylic acids is 1. The molecule has 4 rings (SSSR count). The molecule has 6 atom stereocenters. The van der Waals surface area contributed by atoms with Gasteiger partial charge in [-0.15, -0.1) is 0 Å². The topological polar surface area (TPSA) is 17.1 Å². The maximum Gasteiger partial charge on any atom is 0.140 e. The van der Waals surface area contributed by atoms with E-state index in [1.165, 1.54) is 23.1 Å². The number of hydrogen-bond acceptors (Lipinski definition) is 1. The van der Waals surface area contributed by atoms with Crippen molar-refractivity contribution in [1.82, 2.24) is 0 Å². The molecular formula is C17H20O. The number of ketones is 1. The third kappa shape index (κ3) is 1.11. The molecule has 4 aliphatic rings. The average molecular weight is 240 g/mol. The number of fused-ring (bicyclic) bond motifs is 9. The van der Waals surface area contributed by atoms with Crippen LogP contribution in [0.3, 0.4) is 0 Å². The van der Waals surface area contributed by atoms with Crippen LogP contribution in [-0.2, 0) is 4.79 Å². The van der Waals surface area contributed by atoms with Gasteiger partial charge in [0.2, 0.25) is 0 Å². The molecule has 4 fully saturated rings. The van der Waals surface area contributed by atoms with Crippen LogP contribution >= 0.6 is 0 Å². The summed E-state index contributed by atoms with van der Waals surface area (Å²) in [4.78, 5) is 12.3. The summed E-state index contributed by atoms with van der Waals surface area (Å²) in [5, 5.41) is 0. The summed E-state index contributed by atoms with van der Waals surface area (Å²) in [6, 6.07) is 0. The number of hydrogen-bond donors (Lipinski definition) is 0. The van der Waals surface area contributed by atoms with Crippen molar-refractivity contribution in [3.05, 3.63) is 36.5 Å². The van der Waals surface area contributed by atoms with E-state index in [2.05, 4.69) is 19.7 Å². The van der Waals surface area contributed by atoms with Crippen molar-refractivity contribution in [2.75, 3.05) is 0 Å². The van der Waals surface area contributed by atoms with Gasteiger partial charge in [-0.3, -0.25) is 4.79 Å². The van der Waals surface area contributed by atoms with E-state index < -0.39 is 0 Å². The summed E-state index contributed by atoms with van der Waals surface area (Å²) < 4.78 is 0. The van der Waals surface area contributed by atoms with Gasteiger partial charge in [0.05, 0.1) is 0 Å². The third-order valence-electron chi connectivity index (χ3n) is 6.16. The molecule has 4 aliphatic carbocycles. The Kier molecular flexibility index (Phi) is 1.95. The van der Waals surface area contributed by atoms with Gasteiger partial charge in [-0.05, 0) is 48.9 Å². The smallest absolute Gasteiger partial charge is 0.140 e. The highest BCUT2D eigenvalue weighted by molar-refractivity contribution is 5.86. The molecule has 4 bridgehead atoms. The standard InChI is InChI=1S/C17H20O/c1-8-4-9(2)12-6-11(8)16-13-7-14(17(12)16)15(18)5-10(13)3/h11-14,16-17H,1-7H2. The average Bonchev–Trinajstić information content (AvgIpc) is 2.79. The molecule has 0 saturated heterocycles. The summed E-state index contributed by atoms with van der Waals surface area (Å²) >= 11 is 0. The van der Waals surface area contributed by atoms with E-state index in [0.29, 0.717) is 47.7 Å². The second-order valence-electron chi connectivity index (χ2n) is 6.85. The van der Waals surface area contributed by atoms with Crippen molar-refractivity contribution < 1.29 is 4.79 Å². The minimum Gasteiger partial charge on any atom is -0.299 e. The second-order valence-corrected chi connectivity index (χ2v) is 6.85. The predicted molar refractivity (Wildman–Crippen MR) is 71.8 cm³/mol. The van der Waals surface area contributed by atoms with Crippen LogP contribution in [0.15, 0.2) is 36.5 Å². The summed E-state index contributed by atoms with van der Waals surface area (Å²) in [6.07, 6.45) is 3.92. The number of carbonyl (C=O) groups is 1. The first-order chi connectivity index (χ1) is 8.58. The van der Waals surface area contributed by atoms with Crippen molar-refractivity contribution in [1.29, 1.82) is 0 Å². The highest BCUT2D eigenvalue weighted by Gasteiger charge is 2.61. The maximum absolute atomic E-state index is 12.3. The van der Waals surface area contributed by atoms with Crippen molar-refractivity contribution in [2.24, 2.45) is 35.5 Å². The Hall–Kier alpha value is -1.11. The fourth-order valence-corrected chi connectivity index (χ4v) is 5.51. The van der Waals surface area contributed by atoms with E-state index in [9.17, 15) is 4.79 Å². The molecule has 0 aliphatic heterocycles. The Labute approximate surface area is 109 Å². The van der Waals surface area contributed by atoms with E-state index in [0.717, 1.165) is 12.8 Å². The number of allylic oxidation sites excluding steroid dienone is 3. The number of Topliss-reactive ketones (excluding diaryl/α,β-unsaturated/α-hetero) is 1. The van der Waals surface area contributed by atoms with Gasteiger partial charge < -0.3 is 0 Å². The van der Waals surface area contributed by atoms with Crippen LogP contribution in [0.2, 0.25) is 0 Å². The molecule has 6 unspecified atom stereocenters. The van der Waals surface area contributed by atoms with Gasteiger partial charge in [0.25, 0.3) is 0 Å². The van der Waals surface area contributed by atoms with Crippen LogP contribution in [0.1, 0.15) is 25.7 Å². The molecule has 1 heteroatoms. The lowest BCUT2D eigenvalue weighted by molar-refractivity contribution is -0.124. The second kappa shape index (κ2) is 3.26. The highest BCUT2D eigenvalue weighted by atomic mass is 16.1. The Balaban J connectivity index is 1.83. The fourth-order valence-electron chi connectivity index (χ4n) is 5.51. The summed E-state index contributed by atoms with van der Waals surface area (Å²) in [5.41, 5.74) is 3.92. The Bertz CT molecular complexity index is 412. The molecule has 0 spiro atoms. The molecule has 0 aromatic heterocycles. The molecule has 0 aromatic carbocycles. The van der Waals surface area contributed by atoms with Crippen LogP contribution in [0.4, 0.5) is 0 Å². The van der Waals surface area contributed by atoms with Gasteiger partial charge in [-0.25, -0.2) is 0 Å². The van der Waals surface area contributed by atoms with E-state index in [1.807, 2.05) is 0 Å². The summed E-state index contributed by atoms with van der Waals surface area (Å²) in [5.74, 6) is 3.82. The van der Waals surface area contributed by atoms with Crippen molar-refractivity contribution in [3.8, 4) is 0 Å². The van der Waals surface area contributed by atoms with E-state index in [-0.39, 0.29) is 0 Å². The minimum absolute atomic E-state index is 0.308. The minimum atomic E-state index is 0.308. The first-order valence-electron chi connectivity index (χ1n) is 7.13. The number of rotatable bonds is 0. The lowest BCUT2D eigenvalue weighted by Crippen LogP contribution is -2.27. The van der Waals surface area contributed by atoms with Crippen molar-refractivity contribution >= 4 is 5.78 Å². The lowest BCUT2D eigenvalue weighted by Gasteiger charge is -2.32. The van der Waals surface area contributed by atoms with Crippen LogP contribution in [0.25, 0.3) is 0 Å². The van der Waals surface area contributed by atoms with Gasteiger partial charge >= 0.3 is 0 Å². The maximum atomic E-state index is 12.3. The van der Waals surface area contributed by atoms with E-state index in [4.69, 9.17) is 0 Å². The van der Waals surface area contributed by atoms with Gasteiger partial charge in [0, 0.05) is 12.3 Å². The first-order valence-corrected chi connectivity index (χ1v) is 7.13. The zero-order chi connectivity index (χ0) is 12.6. The first kappa shape index (κ1) is 10.8. The SMILES string of the molecule is C=C1CC(=C)C2CC1C1C3CC(C(=O)CC3=C)C21. The molecule has 0 heterocycles. The van der Waals surface area contributed by atoms with Gasteiger partial charge in [-0.2, -0.15) is 0 Å². The molecule has 18 heavy (non-hydrogen) atoms. The Morgan fingerprint density at radius 2 is 1.17 bits per heavy atom. The molecule has 94 valence electrons. The van der Waals surface area contributed by atoms with Crippen LogP contribution < -0.4 is 0 Å². The molecule has 4 saturated carbocycles. The molecule has 1 nitrogen and oxygen atoms in total. The van der Waals surface area contributed by atoms with Gasteiger partial charge in [-0.1, -0.05) is 36.5 Å². The fraction of sp³-hybridized carbons (Fsp3) is 0.588. The molecule has 0 aromatic rings.